The first kappa shape index (κ1) is 18.4. The summed E-state index contributed by atoms with van der Waals surface area (Å²) in [5.41, 5.74) is 2.11. The Morgan fingerprint density at radius 3 is 1.92 bits per heavy atom. The van der Waals surface area contributed by atoms with E-state index >= 15 is 0 Å². The molecule has 130 valence electrons. The van der Waals surface area contributed by atoms with Gasteiger partial charge < -0.3 is 4.74 Å². The minimum Gasteiger partial charge on any atom is -0.429 e. The molecule has 0 aliphatic rings. The maximum atomic E-state index is 14.3. The molecule has 2 aromatic carbocycles. The Balaban J connectivity index is 2.00. The Bertz CT molecular complexity index is 603. The zero-order valence-corrected chi connectivity index (χ0v) is 14.5. The average molecular weight is 332 g/mol. The van der Waals surface area contributed by atoms with Crippen LogP contribution in [0.4, 0.5) is 8.78 Å². The van der Waals surface area contributed by atoms with E-state index in [1.165, 1.54) is 12.1 Å². The fourth-order valence-electron chi connectivity index (χ4n) is 2.66. The number of halogens is 2. The van der Waals surface area contributed by atoms with Crippen LogP contribution in [0.2, 0.25) is 0 Å². The van der Waals surface area contributed by atoms with Gasteiger partial charge in [-0.25, -0.2) is 0 Å². The molecule has 0 saturated carbocycles. The summed E-state index contributed by atoms with van der Waals surface area (Å²) in [5.74, 6) is 0.187. The van der Waals surface area contributed by atoms with Gasteiger partial charge in [0.2, 0.25) is 0 Å². The van der Waals surface area contributed by atoms with Gasteiger partial charge in [0.05, 0.1) is 5.56 Å². The quantitative estimate of drug-likeness (QED) is 0.476. The van der Waals surface area contributed by atoms with Crippen LogP contribution in [0, 0.1) is 0 Å². The van der Waals surface area contributed by atoms with Gasteiger partial charge in [0.25, 0.3) is 0 Å². The zero-order valence-electron chi connectivity index (χ0n) is 14.5. The van der Waals surface area contributed by atoms with Crippen molar-refractivity contribution in [3.8, 4) is 5.75 Å². The number of alkyl halides is 2. The Morgan fingerprint density at radius 1 is 0.750 bits per heavy atom. The SMILES string of the molecule is CCCCCc1ccc(C(F)(F)Oc2ccc(CCC)cc2)cc1. The fraction of sp³-hybridized carbons (Fsp3) is 0.429. The molecule has 0 N–H and O–H groups in total. The number of unbranched alkanes of at least 4 members (excludes halogenated alkanes) is 2. The molecule has 24 heavy (non-hydrogen) atoms. The Morgan fingerprint density at radius 2 is 1.33 bits per heavy atom. The monoisotopic (exact) mass is 332 g/mol. The molecule has 0 bridgehead atoms. The largest absolute Gasteiger partial charge is 0.429 e. The third kappa shape index (κ3) is 5.33. The molecule has 0 radical (unpaired) electrons. The maximum Gasteiger partial charge on any atom is 0.426 e. The summed E-state index contributed by atoms with van der Waals surface area (Å²) in [6.45, 7) is 4.24. The van der Waals surface area contributed by atoms with Gasteiger partial charge in [0, 0.05) is 0 Å². The number of hydrogen-bond donors (Lipinski definition) is 0. The lowest BCUT2D eigenvalue weighted by molar-refractivity contribution is -0.185. The average Bonchev–Trinajstić information content (AvgIpc) is 2.57. The highest BCUT2D eigenvalue weighted by atomic mass is 19.3. The Hall–Kier alpha value is -1.90. The normalized spacial score (nSPS) is 11.5. The molecule has 0 aliphatic carbocycles. The highest BCUT2D eigenvalue weighted by Crippen LogP contribution is 2.32. The second-order valence-electron chi connectivity index (χ2n) is 6.17. The smallest absolute Gasteiger partial charge is 0.426 e. The molecule has 0 atom stereocenters. The number of hydrogen-bond acceptors (Lipinski definition) is 1. The van der Waals surface area contributed by atoms with Crippen LogP contribution < -0.4 is 4.74 Å². The predicted octanol–water partition coefficient (Wildman–Crippen LogP) is 6.50. The summed E-state index contributed by atoms with van der Waals surface area (Å²) in [4.78, 5) is 0. The summed E-state index contributed by atoms with van der Waals surface area (Å²) in [6.07, 6.45) is 2.98. The van der Waals surface area contributed by atoms with Crippen molar-refractivity contribution < 1.29 is 13.5 Å². The van der Waals surface area contributed by atoms with Crippen LogP contribution in [-0.4, -0.2) is 0 Å². The molecule has 0 saturated heterocycles. The number of aryl methyl sites for hydroxylation is 2. The molecule has 0 spiro atoms. The molecule has 0 heterocycles. The lowest BCUT2D eigenvalue weighted by Gasteiger charge is -2.19. The van der Waals surface area contributed by atoms with Crippen molar-refractivity contribution in [2.45, 2.75) is 58.5 Å². The standard InChI is InChI=1S/C21H26F2O/c1-3-5-6-8-18-9-13-19(14-10-18)21(22,23)24-20-15-11-17(7-4-2)12-16-20/h9-16H,3-8H2,1-2H3. The minimum atomic E-state index is -3.33. The third-order valence-electron chi connectivity index (χ3n) is 4.07. The third-order valence-corrected chi connectivity index (χ3v) is 4.07. The highest BCUT2D eigenvalue weighted by molar-refractivity contribution is 5.30. The van der Waals surface area contributed by atoms with Crippen molar-refractivity contribution in [3.63, 3.8) is 0 Å². The highest BCUT2D eigenvalue weighted by Gasteiger charge is 2.34. The molecule has 0 unspecified atom stereocenters. The van der Waals surface area contributed by atoms with E-state index in [1.807, 2.05) is 12.1 Å². The molecule has 0 amide bonds. The maximum absolute atomic E-state index is 14.3. The summed E-state index contributed by atoms with van der Waals surface area (Å²) >= 11 is 0. The van der Waals surface area contributed by atoms with Crippen molar-refractivity contribution in [2.24, 2.45) is 0 Å². The molecule has 0 aromatic heterocycles. The van der Waals surface area contributed by atoms with Gasteiger partial charge in [0.15, 0.2) is 0 Å². The van der Waals surface area contributed by atoms with Crippen LogP contribution in [0.5, 0.6) is 5.75 Å². The van der Waals surface area contributed by atoms with E-state index in [0.29, 0.717) is 0 Å². The first-order chi connectivity index (χ1) is 11.5. The van der Waals surface area contributed by atoms with Gasteiger partial charge in [-0.15, -0.1) is 0 Å². The summed E-state index contributed by atoms with van der Waals surface area (Å²) in [6, 6.07) is 13.4. The minimum absolute atomic E-state index is 0.112. The molecule has 1 nitrogen and oxygen atoms in total. The van der Waals surface area contributed by atoms with Crippen LogP contribution in [0.15, 0.2) is 48.5 Å². The molecular formula is C21H26F2O. The summed E-state index contributed by atoms with van der Waals surface area (Å²) in [7, 11) is 0. The van der Waals surface area contributed by atoms with Gasteiger partial charge in [-0.3, -0.25) is 0 Å². The van der Waals surface area contributed by atoms with E-state index in [9.17, 15) is 8.78 Å². The summed E-state index contributed by atoms with van der Waals surface area (Å²) < 4.78 is 33.5. The van der Waals surface area contributed by atoms with Crippen molar-refractivity contribution in [1.29, 1.82) is 0 Å². The molecule has 0 aliphatic heterocycles. The molecule has 0 fully saturated rings. The van der Waals surface area contributed by atoms with Crippen LogP contribution in [0.25, 0.3) is 0 Å². The second-order valence-corrected chi connectivity index (χ2v) is 6.17. The second kappa shape index (κ2) is 8.81. The van der Waals surface area contributed by atoms with E-state index in [4.69, 9.17) is 4.74 Å². The van der Waals surface area contributed by atoms with Gasteiger partial charge in [-0.2, -0.15) is 8.78 Å². The van der Waals surface area contributed by atoms with Crippen LogP contribution >= 0.6 is 0 Å². The predicted molar refractivity (Wildman–Crippen MR) is 94.6 cm³/mol. The Labute approximate surface area is 143 Å². The van der Waals surface area contributed by atoms with E-state index in [2.05, 4.69) is 13.8 Å². The van der Waals surface area contributed by atoms with E-state index in [0.717, 1.165) is 49.7 Å². The van der Waals surface area contributed by atoms with Gasteiger partial charge in [-0.1, -0.05) is 57.4 Å². The van der Waals surface area contributed by atoms with E-state index in [1.54, 1.807) is 24.3 Å². The van der Waals surface area contributed by atoms with Crippen molar-refractivity contribution in [1.82, 2.24) is 0 Å². The lowest BCUT2D eigenvalue weighted by Crippen LogP contribution is -2.21. The lowest BCUT2D eigenvalue weighted by atomic mass is 10.1. The first-order valence-corrected chi connectivity index (χ1v) is 8.80. The van der Waals surface area contributed by atoms with Gasteiger partial charge in [0.1, 0.15) is 5.75 Å². The van der Waals surface area contributed by atoms with Gasteiger partial charge >= 0.3 is 6.11 Å². The van der Waals surface area contributed by atoms with Crippen LogP contribution in [-0.2, 0) is 19.0 Å². The summed E-state index contributed by atoms with van der Waals surface area (Å²) in [5, 5.41) is 0. The molecule has 2 aromatic rings. The van der Waals surface area contributed by atoms with Crippen LogP contribution in [0.1, 0.15) is 56.2 Å². The fourth-order valence-corrected chi connectivity index (χ4v) is 2.66. The molecule has 3 heteroatoms. The molecular weight excluding hydrogens is 306 g/mol. The van der Waals surface area contributed by atoms with Gasteiger partial charge in [-0.05, 0) is 54.7 Å². The topological polar surface area (TPSA) is 9.23 Å². The first-order valence-electron chi connectivity index (χ1n) is 8.80. The number of rotatable bonds is 9. The van der Waals surface area contributed by atoms with Crippen molar-refractivity contribution in [2.75, 3.05) is 0 Å². The zero-order chi connectivity index (χ0) is 17.4. The molecule has 2 rings (SSSR count). The van der Waals surface area contributed by atoms with E-state index < -0.39 is 6.11 Å². The Kier molecular flexibility index (Phi) is 6.77. The van der Waals surface area contributed by atoms with E-state index in [-0.39, 0.29) is 11.3 Å². The number of ether oxygens (including phenoxy) is 1. The van der Waals surface area contributed by atoms with Crippen molar-refractivity contribution >= 4 is 0 Å². The van der Waals surface area contributed by atoms with Crippen molar-refractivity contribution in [3.05, 3.63) is 65.2 Å². The number of benzene rings is 2. The van der Waals surface area contributed by atoms with Crippen LogP contribution in [0.3, 0.4) is 0 Å².